The quantitative estimate of drug-likeness (QED) is 0.789. The van der Waals surface area contributed by atoms with E-state index >= 15 is 0 Å². The summed E-state index contributed by atoms with van der Waals surface area (Å²) < 4.78 is 4.26. The van der Waals surface area contributed by atoms with Crippen LogP contribution in [-0.4, -0.2) is 21.4 Å². The fraction of sp³-hybridized carbons (Fsp3) is 0.312. The summed E-state index contributed by atoms with van der Waals surface area (Å²) in [4.78, 5) is 0. The van der Waals surface area contributed by atoms with E-state index in [-0.39, 0.29) is 0 Å². The van der Waals surface area contributed by atoms with Gasteiger partial charge in [0.1, 0.15) is 0 Å². The molecule has 3 aromatic rings. The third kappa shape index (κ3) is 2.23. The number of hydrogen-bond donors (Lipinski definition) is 1. The molecule has 1 N–H and O–H groups in total. The second kappa shape index (κ2) is 5.13. The molecule has 3 rings (SSSR count). The fourth-order valence-electron chi connectivity index (χ4n) is 2.77. The number of aryl methyl sites for hydroxylation is 2. The highest BCUT2D eigenvalue weighted by Crippen LogP contribution is 2.22. The first kappa shape index (κ1) is 12.9. The minimum Gasteiger partial charge on any atom is -0.341 e. The van der Waals surface area contributed by atoms with Gasteiger partial charge in [-0.25, -0.2) is 0 Å². The number of para-hydroxylation sites is 1. The van der Waals surface area contributed by atoms with Crippen LogP contribution in [0.5, 0.6) is 0 Å². The van der Waals surface area contributed by atoms with E-state index in [1.165, 1.54) is 22.2 Å². The van der Waals surface area contributed by atoms with Crippen LogP contribution < -0.4 is 5.32 Å². The minimum atomic E-state index is 0.849. The summed E-state index contributed by atoms with van der Waals surface area (Å²) in [6.07, 6.45) is 2.24. The zero-order chi connectivity index (χ0) is 14.1. The number of nitrogens with zero attached hydrogens (tertiary/aromatic N) is 3. The predicted octanol–water partition coefficient (Wildman–Crippen LogP) is 2.45. The monoisotopic (exact) mass is 268 g/mol. The van der Waals surface area contributed by atoms with Crippen LogP contribution in [0.3, 0.4) is 0 Å². The molecule has 4 nitrogen and oxygen atoms in total. The van der Waals surface area contributed by atoms with Gasteiger partial charge in [0.15, 0.2) is 0 Å². The first-order chi connectivity index (χ1) is 9.69. The van der Waals surface area contributed by atoms with Crippen molar-refractivity contribution in [1.82, 2.24) is 19.7 Å². The Hall–Kier alpha value is -2.07. The first-order valence-electron chi connectivity index (χ1n) is 6.90. The molecule has 2 aromatic heterocycles. The highest BCUT2D eigenvalue weighted by atomic mass is 15.3. The van der Waals surface area contributed by atoms with Gasteiger partial charge in [0.2, 0.25) is 0 Å². The molecule has 0 aliphatic heterocycles. The van der Waals surface area contributed by atoms with Gasteiger partial charge in [-0.15, -0.1) is 0 Å². The van der Waals surface area contributed by atoms with Crippen molar-refractivity contribution in [3.05, 3.63) is 53.5 Å². The molecule has 0 aliphatic rings. The summed E-state index contributed by atoms with van der Waals surface area (Å²) in [5, 5.41) is 8.98. The minimum absolute atomic E-state index is 0.849. The molecule has 2 heterocycles. The summed E-state index contributed by atoms with van der Waals surface area (Å²) >= 11 is 0. The number of nitrogens with one attached hydrogen (secondary N) is 1. The largest absolute Gasteiger partial charge is 0.341 e. The van der Waals surface area contributed by atoms with Crippen molar-refractivity contribution < 1.29 is 0 Å². The number of benzene rings is 1. The van der Waals surface area contributed by atoms with E-state index in [4.69, 9.17) is 0 Å². The smallest absolute Gasteiger partial charge is 0.0645 e. The average molecular weight is 268 g/mol. The van der Waals surface area contributed by atoms with Crippen LogP contribution in [-0.2, 0) is 20.1 Å². The zero-order valence-electron chi connectivity index (χ0n) is 12.2. The van der Waals surface area contributed by atoms with Crippen LogP contribution in [0.25, 0.3) is 10.9 Å². The van der Waals surface area contributed by atoms with Crippen molar-refractivity contribution in [2.24, 2.45) is 7.05 Å². The van der Waals surface area contributed by atoms with E-state index in [1.54, 1.807) is 0 Å². The normalized spacial score (nSPS) is 11.3. The molecule has 20 heavy (non-hydrogen) atoms. The van der Waals surface area contributed by atoms with Gasteiger partial charge in [-0.1, -0.05) is 18.2 Å². The second-order valence-corrected chi connectivity index (χ2v) is 5.23. The van der Waals surface area contributed by atoms with Gasteiger partial charge in [-0.2, -0.15) is 5.10 Å². The molecule has 0 atom stereocenters. The molecule has 0 amide bonds. The zero-order valence-corrected chi connectivity index (χ0v) is 12.2. The molecular formula is C16H20N4. The van der Waals surface area contributed by atoms with E-state index in [1.807, 2.05) is 25.7 Å². The van der Waals surface area contributed by atoms with Crippen LogP contribution in [0.15, 0.2) is 36.5 Å². The summed E-state index contributed by atoms with van der Waals surface area (Å²) in [6.45, 7) is 3.77. The maximum Gasteiger partial charge on any atom is 0.0645 e. The number of fused-ring (bicyclic) bond motifs is 1. The molecule has 0 saturated heterocycles. The van der Waals surface area contributed by atoms with Crippen LogP contribution in [0.1, 0.15) is 17.0 Å². The van der Waals surface area contributed by atoms with Crippen molar-refractivity contribution in [3.8, 4) is 0 Å². The average Bonchev–Trinajstić information content (AvgIpc) is 2.93. The Balaban J connectivity index is 2.05. The molecule has 4 heteroatoms. The van der Waals surface area contributed by atoms with Crippen LogP contribution in [0.4, 0.5) is 0 Å². The summed E-state index contributed by atoms with van der Waals surface area (Å²) in [6, 6.07) is 10.7. The number of rotatable bonds is 4. The van der Waals surface area contributed by atoms with E-state index in [0.29, 0.717) is 0 Å². The van der Waals surface area contributed by atoms with Gasteiger partial charge < -0.3 is 9.88 Å². The number of hydrogen-bond acceptors (Lipinski definition) is 2. The van der Waals surface area contributed by atoms with E-state index in [9.17, 15) is 0 Å². The number of aromatic nitrogens is 3. The highest BCUT2D eigenvalue weighted by Gasteiger charge is 2.09. The Labute approximate surface area is 119 Å². The summed E-state index contributed by atoms with van der Waals surface area (Å²) in [5.74, 6) is 0. The molecule has 0 bridgehead atoms. The first-order valence-corrected chi connectivity index (χ1v) is 6.90. The molecule has 0 fully saturated rings. The van der Waals surface area contributed by atoms with E-state index < -0.39 is 0 Å². The molecule has 104 valence electrons. The molecule has 1 aromatic carbocycles. The Morgan fingerprint density at radius 3 is 2.75 bits per heavy atom. The standard InChI is InChI=1S/C16H20N4/c1-12-8-14(19(3)18-12)11-20-10-13(9-17-2)15-6-4-5-7-16(15)20/h4-8,10,17H,9,11H2,1-3H3. The Bertz CT molecular complexity index is 736. The molecule has 0 unspecified atom stereocenters. The van der Waals surface area contributed by atoms with Gasteiger partial charge in [-0.05, 0) is 31.7 Å². The lowest BCUT2D eigenvalue weighted by Gasteiger charge is -2.05. The Kier molecular flexibility index (Phi) is 3.32. The maximum absolute atomic E-state index is 4.42. The molecule has 0 saturated carbocycles. The van der Waals surface area contributed by atoms with Gasteiger partial charge >= 0.3 is 0 Å². The topological polar surface area (TPSA) is 34.8 Å². The van der Waals surface area contributed by atoms with E-state index in [0.717, 1.165) is 18.8 Å². The maximum atomic E-state index is 4.42. The highest BCUT2D eigenvalue weighted by molar-refractivity contribution is 5.84. The van der Waals surface area contributed by atoms with Gasteiger partial charge in [0.25, 0.3) is 0 Å². The SMILES string of the molecule is CNCc1cn(Cc2cc(C)nn2C)c2ccccc12. The lowest BCUT2D eigenvalue weighted by Crippen LogP contribution is -2.06. The predicted molar refractivity (Wildman–Crippen MR) is 81.7 cm³/mol. The Morgan fingerprint density at radius 1 is 1.25 bits per heavy atom. The van der Waals surface area contributed by atoms with Crippen molar-refractivity contribution in [2.45, 2.75) is 20.0 Å². The molecular weight excluding hydrogens is 248 g/mol. The van der Waals surface area contributed by atoms with Crippen molar-refractivity contribution in [3.63, 3.8) is 0 Å². The third-order valence-corrected chi connectivity index (χ3v) is 3.67. The molecule has 0 aliphatic carbocycles. The van der Waals surface area contributed by atoms with Crippen molar-refractivity contribution >= 4 is 10.9 Å². The lowest BCUT2D eigenvalue weighted by atomic mass is 10.2. The van der Waals surface area contributed by atoms with Crippen molar-refractivity contribution in [1.29, 1.82) is 0 Å². The van der Waals surface area contributed by atoms with Gasteiger partial charge in [-0.3, -0.25) is 4.68 Å². The van der Waals surface area contributed by atoms with Crippen LogP contribution in [0, 0.1) is 6.92 Å². The Morgan fingerprint density at radius 2 is 2.05 bits per heavy atom. The third-order valence-electron chi connectivity index (χ3n) is 3.67. The van der Waals surface area contributed by atoms with E-state index in [2.05, 4.69) is 51.5 Å². The van der Waals surface area contributed by atoms with Gasteiger partial charge in [0.05, 0.1) is 17.9 Å². The van der Waals surface area contributed by atoms with Crippen molar-refractivity contribution in [2.75, 3.05) is 7.05 Å². The summed E-state index contributed by atoms with van der Waals surface area (Å²) in [7, 11) is 3.99. The van der Waals surface area contributed by atoms with Gasteiger partial charge in [0, 0.05) is 30.7 Å². The summed E-state index contributed by atoms with van der Waals surface area (Å²) in [5.41, 5.74) is 4.90. The lowest BCUT2D eigenvalue weighted by molar-refractivity contribution is 0.671. The van der Waals surface area contributed by atoms with Crippen LogP contribution in [0.2, 0.25) is 0 Å². The van der Waals surface area contributed by atoms with Crippen LogP contribution >= 0.6 is 0 Å². The molecule has 0 radical (unpaired) electrons. The fourth-order valence-corrected chi connectivity index (χ4v) is 2.77. The molecule has 0 spiro atoms. The second-order valence-electron chi connectivity index (χ2n) is 5.23.